The third kappa shape index (κ3) is 4.86. The summed E-state index contributed by atoms with van der Waals surface area (Å²) in [6.45, 7) is 4.75. The highest BCUT2D eigenvalue weighted by Gasteiger charge is 2.13. The number of nitrogens with one attached hydrogen (secondary N) is 1. The van der Waals surface area contributed by atoms with E-state index >= 15 is 0 Å². The molecule has 4 heteroatoms. The van der Waals surface area contributed by atoms with Gasteiger partial charge in [-0.3, -0.25) is 4.79 Å². The van der Waals surface area contributed by atoms with E-state index in [9.17, 15) is 4.79 Å². The number of carbonyl (C=O) groups excluding carboxylic acids is 1. The number of aryl methyl sites for hydroxylation is 1. The Hall–Kier alpha value is -3.79. The van der Waals surface area contributed by atoms with Gasteiger partial charge in [0.1, 0.15) is 18.1 Å². The van der Waals surface area contributed by atoms with Crippen LogP contribution < -0.4 is 14.8 Å². The highest BCUT2D eigenvalue weighted by atomic mass is 16.5. The summed E-state index contributed by atoms with van der Waals surface area (Å²) in [6, 6.07) is 27.3. The zero-order valence-corrected chi connectivity index (χ0v) is 17.7. The summed E-state index contributed by atoms with van der Waals surface area (Å²) in [5.41, 5.74) is 3.20. The van der Waals surface area contributed by atoms with Gasteiger partial charge in [0.25, 0.3) is 5.91 Å². The number of anilines is 1. The monoisotopic (exact) mass is 411 g/mol. The first-order chi connectivity index (χ1) is 15.1. The minimum absolute atomic E-state index is 0.163. The summed E-state index contributed by atoms with van der Waals surface area (Å²) in [7, 11) is 0. The molecule has 31 heavy (non-hydrogen) atoms. The van der Waals surface area contributed by atoms with Gasteiger partial charge in [0.05, 0.1) is 6.61 Å². The first kappa shape index (κ1) is 20.5. The van der Waals surface area contributed by atoms with Gasteiger partial charge in [0.2, 0.25) is 0 Å². The van der Waals surface area contributed by atoms with Gasteiger partial charge in [-0.05, 0) is 66.6 Å². The van der Waals surface area contributed by atoms with Crippen LogP contribution in [-0.2, 0) is 6.61 Å². The maximum atomic E-state index is 12.8. The second-order valence-electron chi connectivity index (χ2n) is 7.32. The molecule has 0 spiro atoms. The van der Waals surface area contributed by atoms with Gasteiger partial charge in [-0.2, -0.15) is 0 Å². The Labute approximate surface area is 182 Å². The highest BCUT2D eigenvalue weighted by molar-refractivity contribution is 6.04. The molecule has 0 atom stereocenters. The smallest absolute Gasteiger partial charge is 0.255 e. The van der Waals surface area contributed by atoms with Gasteiger partial charge in [-0.25, -0.2) is 0 Å². The number of benzene rings is 4. The van der Waals surface area contributed by atoms with E-state index in [2.05, 4.69) is 17.4 Å². The number of amides is 1. The number of ether oxygens (including phenoxy) is 2. The van der Waals surface area contributed by atoms with Gasteiger partial charge in [0, 0.05) is 16.8 Å². The largest absolute Gasteiger partial charge is 0.493 e. The molecule has 0 radical (unpaired) electrons. The normalized spacial score (nSPS) is 10.6. The third-order valence-corrected chi connectivity index (χ3v) is 5.13. The first-order valence-corrected chi connectivity index (χ1v) is 10.4. The zero-order chi connectivity index (χ0) is 21.6. The SMILES string of the molecule is CCOc1ccc(C(=O)Nc2ccccc2C)cc1COc1ccc2ccccc2c1. The molecule has 0 fully saturated rings. The Morgan fingerprint density at radius 2 is 1.61 bits per heavy atom. The molecule has 0 bridgehead atoms. The van der Waals surface area contributed by atoms with Crippen LogP contribution in [0.1, 0.15) is 28.4 Å². The van der Waals surface area contributed by atoms with Crippen molar-refractivity contribution in [3.8, 4) is 11.5 Å². The van der Waals surface area contributed by atoms with Crippen LogP contribution in [0.15, 0.2) is 84.9 Å². The molecule has 0 heterocycles. The number of para-hydroxylation sites is 1. The van der Waals surface area contributed by atoms with Crippen molar-refractivity contribution in [2.24, 2.45) is 0 Å². The van der Waals surface area contributed by atoms with Crippen LogP contribution in [0.2, 0.25) is 0 Å². The summed E-state index contributed by atoms with van der Waals surface area (Å²) < 4.78 is 11.8. The first-order valence-electron chi connectivity index (χ1n) is 10.4. The lowest BCUT2D eigenvalue weighted by Crippen LogP contribution is -2.13. The van der Waals surface area contributed by atoms with Gasteiger partial charge >= 0.3 is 0 Å². The Balaban J connectivity index is 1.54. The van der Waals surface area contributed by atoms with Gasteiger partial charge in [-0.15, -0.1) is 0 Å². The van der Waals surface area contributed by atoms with E-state index in [1.807, 2.05) is 80.6 Å². The van der Waals surface area contributed by atoms with Crippen LogP contribution in [0.25, 0.3) is 10.8 Å². The van der Waals surface area contributed by atoms with Gasteiger partial charge < -0.3 is 14.8 Å². The topological polar surface area (TPSA) is 47.6 Å². The van der Waals surface area contributed by atoms with Crippen LogP contribution in [0, 0.1) is 6.92 Å². The van der Waals surface area contributed by atoms with Crippen molar-refractivity contribution in [1.82, 2.24) is 0 Å². The second-order valence-corrected chi connectivity index (χ2v) is 7.32. The molecule has 4 rings (SSSR count). The van der Waals surface area contributed by atoms with E-state index < -0.39 is 0 Å². The quantitative estimate of drug-likeness (QED) is 0.384. The predicted molar refractivity (Wildman–Crippen MR) is 125 cm³/mol. The fourth-order valence-corrected chi connectivity index (χ4v) is 3.46. The Bertz CT molecular complexity index is 1220. The van der Waals surface area contributed by atoms with E-state index in [0.717, 1.165) is 33.7 Å². The van der Waals surface area contributed by atoms with Gasteiger partial charge in [0.15, 0.2) is 0 Å². The Kier molecular flexibility index (Phi) is 6.18. The molecule has 0 aromatic heterocycles. The maximum Gasteiger partial charge on any atom is 0.255 e. The molecule has 0 aliphatic heterocycles. The molecule has 1 amide bonds. The number of carbonyl (C=O) groups is 1. The van der Waals surface area contributed by atoms with Crippen LogP contribution in [0.4, 0.5) is 5.69 Å². The third-order valence-electron chi connectivity index (χ3n) is 5.13. The van der Waals surface area contributed by atoms with Crippen LogP contribution in [0.5, 0.6) is 11.5 Å². The molecule has 0 unspecified atom stereocenters. The molecular formula is C27H25NO3. The lowest BCUT2D eigenvalue weighted by molar-refractivity contribution is 0.102. The summed E-state index contributed by atoms with van der Waals surface area (Å²) in [5.74, 6) is 1.33. The highest BCUT2D eigenvalue weighted by Crippen LogP contribution is 2.26. The molecule has 0 saturated carbocycles. The minimum Gasteiger partial charge on any atom is -0.493 e. The summed E-state index contributed by atoms with van der Waals surface area (Å²) in [5, 5.41) is 5.27. The molecule has 0 aliphatic rings. The van der Waals surface area contributed by atoms with E-state index in [4.69, 9.17) is 9.47 Å². The number of rotatable bonds is 7. The maximum absolute atomic E-state index is 12.8. The van der Waals surface area contributed by atoms with Crippen molar-refractivity contribution >= 4 is 22.4 Å². The van der Waals surface area contributed by atoms with E-state index in [-0.39, 0.29) is 5.91 Å². The van der Waals surface area contributed by atoms with Gasteiger partial charge in [-0.1, -0.05) is 48.5 Å². The van der Waals surface area contributed by atoms with E-state index in [1.54, 1.807) is 6.07 Å². The fraction of sp³-hybridized carbons (Fsp3) is 0.148. The van der Waals surface area contributed by atoms with Crippen LogP contribution in [-0.4, -0.2) is 12.5 Å². The average Bonchev–Trinajstić information content (AvgIpc) is 2.80. The van der Waals surface area contributed by atoms with Crippen molar-refractivity contribution in [2.75, 3.05) is 11.9 Å². The van der Waals surface area contributed by atoms with E-state index in [0.29, 0.717) is 18.8 Å². The molecule has 4 aromatic carbocycles. The van der Waals surface area contributed by atoms with Crippen LogP contribution >= 0.6 is 0 Å². The molecule has 4 aromatic rings. The van der Waals surface area contributed by atoms with Crippen molar-refractivity contribution in [1.29, 1.82) is 0 Å². The Morgan fingerprint density at radius 1 is 0.839 bits per heavy atom. The average molecular weight is 412 g/mol. The fourth-order valence-electron chi connectivity index (χ4n) is 3.46. The second kappa shape index (κ2) is 9.35. The summed E-state index contributed by atoms with van der Waals surface area (Å²) in [4.78, 5) is 12.8. The Morgan fingerprint density at radius 3 is 2.42 bits per heavy atom. The molecule has 0 aliphatic carbocycles. The lowest BCUT2D eigenvalue weighted by atomic mass is 10.1. The molecular weight excluding hydrogens is 386 g/mol. The van der Waals surface area contributed by atoms with Crippen molar-refractivity contribution in [3.63, 3.8) is 0 Å². The van der Waals surface area contributed by atoms with Crippen molar-refractivity contribution < 1.29 is 14.3 Å². The summed E-state index contributed by atoms with van der Waals surface area (Å²) in [6.07, 6.45) is 0. The standard InChI is InChI=1S/C27H25NO3/c1-3-30-26-15-13-22(27(29)28-25-11-7-4-8-19(25)2)16-23(26)18-31-24-14-12-20-9-5-6-10-21(20)17-24/h4-17H,3,18H2,1-2H3,(H,28,29). The molecule has 156 valence electrons. The molecule has 0 saturated heterocycles. The number of hydrogen-bond donors (Lipinski definition) is 1. The van der Waals surface area contributed by atoms with E-state index in [1.165, 1.54) is 5.39 Å². The predicted octanol–water partition coefficient (Wildman–Crippen LogP) is 6.38. The zero-order valence-electron chi connectivity index (χ0n) is 17.7. The summed E-state index contributed by atoms with van der Waals surface area (Å²) >= 11 is 0. The van der Waals surface area contributed by atoms with Crippen molar-refractivity contribution in [2.45, 2.75) is 20.5 Å². The lowest BCUT2D eigenvalue weighted by Gasteiger charge is -2.14. The number of hydrogen-bond acceptors (Lipinski definition) is 3. The molecule has 4 nitrogen and oxygen atoms in total. The molecule has 1 N–H and O–H groups in total. The van der Waals surface area contributed by atoms with Crippen molar-refractivity contribution in [3.05, 3.63) is 102 Å². The number of fused-ring (bicyclic) bond motifs is 1. The minimum atomic E-state index is -0.163. The van der Waals surface area contributed by atoms with Crippen LogP contribution in [0.3, 0.4) is 0 Å².